The number of amides is 1. The number of carboxylic acid groups (broad SMARTS) is 1. The second kappa shape index (κ2) is 7.02. The van der Waals surface area contributed by atoms with Crippen molar-refractivity contribution in [3.05, 3.63) is 29.3 Å². The maximum atomic E-state index is 12.5. The van der Waals surface area contributed by atoms with Crippen molar-refractivity contribution in [2.24, 2.45) is 5.92 Å². The third-order valence-corrected chi connectivity index (χ3v) is 4.72. The highest BCUT2D eigenvalue weighted by Gasteiger charge is 2.42. The molecule has 0 saturated heterocycles. The summed E-state index contributed by atoms with van der Waals surface area (Å²) < 4.78 is 5.30. The fourth-order valence-corrected chi connectivity index (χ4v) is 3.46. The van der Waals surface area contributed by atoms with Gasteiger partial charge in [-0.15, -0.1) is 0 Å². The Balaban J connectivity index is 2.12. The lowest BCUT2D eigenvalue weighted by Gasteiger charge is -2.39. The van der Waals surface area contributed by atoms with E-state index >= 15 is 0 Å². The van der Waals surface area contributed by atoms with Gasteiger partial charge in [-0.1, -0.05) is 30.5 Å². The van der Waals surface area contributed by atoms with Crippen LogP contribution in [0.2, 0.25) is 0 Å². The highest BCUT2D eigenvalue weighted by molar-refractivity contribution is 5.81. The van der Waals surface area contributed by atoms with E-state index < -0.39 is 17.4 Å². The predicted octanol–water partition coefficient (Wildman–Crippen LogP) is 2.70. The molecule has 0 aliphatic heterocycles. The lowest BCUT2D eigenvalue weighted by molar-refractivity contribution is -0.146. The van der Waals surface area contributed by atoms with Crippen molar-refractivity contribution in [3.63, 3.8) is 0 Å². The molecule has 0 bridgehead atoms. The summed E-state index contributed by atoms with van der Waals surface area (Å²) >= 11 is 0. The van der Waals surface area contributed by atoms with Crippen molar-refractivity contribution in [1.82, 2.24) is 5.32 Å². The molecule has 126 valence electrons. The monoisotopic (exact) mass is 319 g/mol. The van der Waals surface area contributed by atoms with Gasteiger partial charge in [-0.05, 0) is 32.8 Å². The molecule has 1 aliphatic carbocycles. The SMILES string of the molecule is COc1ccc(C)cc1CC(=O)NC1(C)CCCCC1C(=O)O. The summed E-state index contributed by atoms with van der Waals surface area (Å²) in [7, 11) is 1.58. The molecule has 23 heavy (non-hydrogen) atoms. The van der Waals surface area contributed by atoms with E-state index in [0.29, 0.717) is 18.6 Å². The smallest absolute Gasteiger partial charge is 0.308 e. The van der Waals surface area contributed by atoms with Crippen molar-refractivity contribution in [2.45, 2.75) is 51.5 Å². The number of hydrogen-bond acceptors (Lipinski definition) is 3. The van der Waals surface area contributed by atoms with Gasteiger partial charge in [0.1, 0.15) is 5.75 Å². The van der Waals surface area contributed by atoms with Gasteiger partial charge in [-0.2, -0.15) is 0 Å². The Morgan fingerprint density at radius 2 is 2.13 bits per heavy atom. The maximum Gasteiger partial charge on any atom is 0.308 e. The van der Waals surface area contributed by atoms with Crippen molar-refractivity contribution >= 4 is 11.9 Å². The minimum absolute atomic E-state index is 0.162. The number of ether oxygens (including phenoxy) is 1. The van der Waals surface area contributed by atoms with Gasteiger partial charge in [0.15, 0.2) is 0 Å². The molecule has 2 atom stereocenters. The van der Waals surface area contributed by atoms with E-state index in [-0.39, 0.29) is 12.3 Å². The summed E-state index contributed by atoms with van der Waals surface area (Å²) in [5, 5.41) is 12.4. The topological polar surface area (TPSA) is 75.6 Å². The number of hydrogen-bond donors (Lipinski definition) is 2. The number of carbonyl (C=O) groups excluding carboxylic acids is 1. The Bertz CT molecular complexity index is 599. The first-order valence-corrected chi connectivity index (χ1v) is 8.03. The Morgan fingerprint density at radius 3 is 2.78 bits per heavy atom. The number of carboxylic acids is 1. The molecular weight excluding hydrogens is 294 g/mol. The molecule has 1 saturated carbocycles. The fourth-order valence-electron chi connectivity index (χ4n) is 3.46. The first-order valence-electron chi connectivity index (χ1n) is 8.03. The van der Waals surface area contributed by atoms with Gasteiger partial charge in [0.2, 0.25) is 5.91 Å². The molecule has 1 amide bonds. The number of aryl methyl sites for hydroxylation is 1. The summed E-state index contributed by atoms with van der Waals surface area (Å²) in [6.45, 7) is 3.81. The second-order valence-corrected chi connectivity index (χ2v) is 6.59. The van der Waals surface area contributed by atoms with E-state index in [1.54, 1.807) is 7.11 Å². The van der Waals surface area contributed by atoms with Gasteiger partial charge in [-0.25, -0.2) is 0 Å². The number of rotatable bonds is 5. The highest BCUT2D eigenvalue weighted by atomic mass is 16.5. The molecule has 5 nitrogen and oxygen atoms in total. The number of nitrogens with one attached hydrogen (secondary N) is 1. The molecule has 0 radical (unpaired) electrons. The van der Waals surface area contributed by atoms with Crippen LogP contribution in [0.15, 0.2) is 18.2 Å². The molecular formula is C18H25NO4. The summed E-state index contributed by atoms with van der Waals surface area (Å²) in [4.78, 5) is 24.0. The van der Waals surface area contributed by atoms with Gasteiger partial charge < -0.3 is 15.2 Å². The van der Waals surface area contributed by atoms with Gasteiger partial charge in [0.05, 0.1) is 25.0 Å². The molecule has 5 heteroatoms. The first-order chi connectivity index (χ1) is 10.9. The summed E-state index contributed by atoms with van der Waals surface area (Å²) in [5.41, 5.74) is 1.19. The average Bonchev–Trinajstić information content (AvgIpc) is 2.46. The van der Waals surface area contributed by atoms with E-state index in [1.807, 2.05) is 32.0 Å². The van der Waals surface area contributed by atoms with Crippen LogP contribution in [0.25, 0.3) is 0 Å². The summed E-state index contributed by atoms with van der Waals surface area (Å²) in [5.74, 6) is -0.848. The zero-order valence-corrected chi connectivity index (χ0v) is 14.0. The largest absolute Gasteiger partial charge is 0.496 e. The Hall–Kier alpha value is -2.04. The number of carbonyl (C=O) groups is 2. The summed E-state index contributed by atoms with van der Waals surface area (Å²) in [6, 6.07) is 5.71. The van der Waals surface area contributed by atoms with Crippen LogP contribution in [-0.4, -0.2) is 29.6 Å². The van der Waals surface area contributed by atoms with E-state index in [1.165, 1.54) is 0 Å². The molecule has 1 aliphatic rings. The molecule has 2 N–H and O–H groups in total. The Kier molecular flexibility index (Phi) is 5.29. The quantitative estimate of drug-likeness (QED) is 0.875. The number of methoxy groups -OCH3 is 1. The van der Waals surface area contributed by atoms with E-state index in [2.05, 4.69) is 5.32 Å². The van der Waals surface area contributed by atoms with Crippen LogP contribution in [0.4, 0.5) is 0 Å². The van der Waals surface area contributed by atoms with Crippen molar-refractivity contribution in [1.29, 1.82) is 0 Å². The predicted molar refractivity (Wildman–Crippen MR) is 87.6 cm³/mol. The second-order valence-electron chi connectivity index (χ2n) is 6.59. The number of aliphatic carboxylic acids is 1. The van der Waals surface area contributed by atoms with Gasteiger partial charge >= 0.3 is 5.97 Å². The molecule has 1 aromatic carbocycles. The van der Waals surface area contributed by atoms with Crippen molar-refractivity contribution < 1.29 is 19.4 Å². The Morgan fingerprint density at radius 1 is 1.39 bits per heavy atom. The molecule has 2 unspecified atom stereocenters. The highest BCUT2D eigenvalue weighted by Crippen LogP contribution is 2.34. The van der Waals surface area contributed by atoms with Crippen molar-refractivity contribution in [3.8, 4) is 5.75 Å². The van der Waals surface area contributed by atoms with Crippen LogP contribution in [-0.2, 0) is 16.0 Å². The van der Waals surface area contributed by atoms with Crippen LogP contribution in [0.3, 0.4) is 0 Å². The van der Waals surface area contributed by atoms with Crippen LogP contribution in [0, 0.1) is 12.8 Å². The van der Waals surface area contributed by atoms with Gasteiger partial charge in [-0.3, -0.25) is 9.59 Å². The van der Waals surface area contributed by atoms with Crippen LogP contribution < -0.4 is 10.1 Å². The van der Waals surface area contributed by atoms with Crippen LogP contribution in [0.1, 0.15) is 43.7 Å². The van der Waals surface area contributed by atoms with E-state index in [9.17, 15) is 14.7 Å². The Labute approximate surface area is 137 Å². The van der Waals surface area contributed by atoms with Crippen LogP contribution >= 0.6 is 0 Å². The molecule has 0 spiro atoms. The molecule has 0 heterocycles. The summed E-state index contributed by atoms with van der Waals surface area (Å²) in [6.07, 6.45) is 3.33. The molecule has 1 fully saturated rings. The third kappa shape index (κ3) is 4.03. The number of benzene rings is 1. The van der Waals surface area contributed by atoms with Crippen LogP contribution in [0.5, 0.6) is 5.75 Å². The average molecular weight is 319 g/mol. The molecule has 2 rings (SSSR count). The first kappa shape index (κ1) is 17.3. The lowest BCUT2D eigenvalue weighted by atomic mass is 9.74. The molecule has 0 aromatic heterocycles. The van der Waals surface area contributed by atoms with E-state index in [0.717, 1.165) is 24.0 Å². The van der Waals surface area contributed by atoms with Gasteiger partial charge in [0.25, 0.3) is 0 Å². The van der Waals surface area contributed by atoms with Crippen molar-refractivity contribution in [2.75, 3.05) is 7.11 Å². The molecule has 1 aromatic rings. The third-order valence-electron chi connectivity index (χ3n) is 4.72. The zero-order valence-electron chi connectivity index (χ0n) is 14.0. The maximum absolute atomic E-state index is 12.5. The minimum Gasteiger partial charge on any atom is -0.496 e. The minimum atomic E-state index is -0.833. The van der Waals surface area contributed by atoms with E-state index in [4.69, 9.17) is 4.74 Å². The zero-order chi connectivity index (χ0) is 17.0. The standard InChI is InChI=1S/C18H25NO4/c1-12-7-8-15(23-3)13(10-12)11-16(20)19-18(2)9-5-4-6-14(18)17(21)22/h7-8,10,14H,4-6,9,11H2,1-3H3,(H,19,20)(H,21,22). The lowest BCUT2D eigenvalue weighted by Crippen LogP contribution is -2.55. The normalized spacial score (nSPS) is 24.0. The van der Waals surface area contributed by atoms with Gasteiger partial charge in [0, 0.05) is 5.56 Å². The fraction of sp³-hybridized carbons (Fsp3) is 0.556.